The van der Waals surface area contributed by atoms with E-state index in [0.29, 0.717) is 0 Å². The summed E-state index contributed by atoms with van der Waals surface area (Å²) in [6, 6.07) is 0.187. The van der Waals surface area contributed by atoms with Crippen LogP contribution in [-0.2, 0) is 0 Å². The van der Waals surface area contributed by atoms with E-state index in [1.54, 1.807) is 0 Å². The molecule has 0 aliphatic heterocycles. The lowest BCUT2D eigenvalue weighted by atomic mass is 10.0. The van der Waals surface area contributed by atoms with E-state index in [-0.39, 0.29) is 12.6 Å². The molecular formula is C11H26NO2+. The summed E-state index contributed by atoms with van der Waals surface area (Å²) in [5.41, 5.74) is 0. The second-order valence-electron chi connectivity index (χ2n) is 3.93. The molecule has 0 aromatic heterocycles. The molecule has 3 heteroatoms. The van der Waals surface area contributed by atoms with Gasteiger partial charge in [0.1, 0.15) is 12.1 Å². The largest absolute Gasteiger partial charge is 0.393 e. The van der Waals surface area contributed by atoms with Gasteiger partial charge in [0.05, 0.1) is 13.2 Å². The summed E-state index contributed by atoms with van der Waals surface area (Å²) in [6.07, 6.45) is 5.14. The first kappa shape index (κ1) is 13.9. The van der Waals surface area contributed by atoms with Crippen molar-refractivity contribution >= 4 is 0 Å². The summed E-state index contributed by atoms with van der Waals surface area (Å²) in [6.45, 7) is 5.23. The van der Waals surface area contributed by atoms with Crippen LogP contribution in [0.1, 0.15) is 46.0 Å². The minimum Gasteiger partial charge on any atom is -0.393 e. The van der Waals surface area contributed by atoms with Gasteiger partial charge in [-0.15, -0.1) is 0 Å². The molecule has 0 saturated carbocycles. The average Bonchev–Trinajstić information content (AvgIpc) is 2.22. The van der Waals surface area contributed by atoms with Crippen LogP contribution in [0.3, 0.4) is 0 Å². The number of aliphatic hydroxyl groups excluding tert-OH is 2. The third-order valence-corrected chi connectivity index (χ3v) is 2.58. The summed E-state index contributed by atoms with van der Waals surface area (Å²) in [4.78, 5) is 0. The van der Waals surface area contributed by atoms with Crippen molar-refractivity contribution in [3.05, 3.63) is 0 Å². The van der Waals surface area contributed by atoms with Gasteiger partial charge >= 0.3 is 0 Å². The summed E-state index contributed by atoms with van der Waals surface area (Å²) in [5.74, 6) is 0. The average molecular weight is 204 g/mol. The molecule has 0 bridgehead atoms. The number of quaternary nitrogens is 1. The topological polar surface area (TPSA) is 57.1 Å². The van der Waals surface area contributed by atoms with Gasteiger partial charge in [-0.25, -0.2) is 0 Å². The predicted octanol–water partition coefficient (Wildman–Crippen LogP) is 0.262. The third-order valence-electron chi connectivity index (χ3n) is 2.58. The summed E-state index contributed by atoms with van der Waals surface area (Å²) in [7, 11) is 0. The number of nitrogens with two attached hydrogens (primary N) is 1. The van der Waals surface area contributed by atoms with Gasteiger partial charge < -0.3 is 15.5 Å². The van der Waals surface area contributed by atoms with Gasteiger partial charge in [-0.2, -0.15) is 0 Å². The molecule has 0 aliphatic carbocycles. The highest BCUT2D eigenvalue weighted by Crippen LogP contribution is 2.03. The molecular weight excluding hydrogens is 178 g/mol. The number of hydrogen-bond acceptors (Lipinski definition) is 2. The molecule has 0 aromatic carbocycles. The standard InChI is InChI=1S/C11H25NO2/c1-3-5-6-7-10(11(14)9-13)12-8-4-2/h10-14H,3-9H2,1-2H3/p+1/t10-,11+/m1/s1. The highest BCUT2D eigenvalue weighted by atomic mass is 16.3. The lowest BCUT2D eigenvalue weighted by Gasteiger charge is -2.19. The van der Waals surface area contributed by atoms with Crippen LogP contribution in [0.2, 0.25) is 0 Å². The van der Waals surface area contributed by atoms with E-state index >= 15 is 0 Å². The van der Waals surface area contributed by atoms with Crippen LogP contribution in [0.25, 0.3) is 0 Å². The lowest BCUT2D eigenvalue weighted by molar-refractivity contribution is -0.697. The van der Waals surface area contributed by atoms with Crippen LogP contribution in [0.15, 0.2) is 0 Å². The number of unbranched alkanes of at least 4 members (excludes halogenated alkanes) is 2. The van der Waals surface area contributed by atoms with Crippen molar-refractivity contribution in [1.82, 2.24) is 0 Å². The summed E-state index contributed by atoms with van der Waals surface area (Å²) >= 11 is 0. The predicted molar refractivity (Wildman–Crippen MR) is 58.1 cm³/mol. The van der Waals surface area contributed by atoms with E-state index in [0.717, 1.165) is 25.8 Å². The second kappa shape index (κ2) is 9.44. The van der Waals surface area contributed by atoms with E-state index in [1.807, 2.05) is 0 Å². The number of rotatable bonds is 9. The van der Waals surface area contributed by atoms with Gasteiger partial charge in [-0.3, -0.25) is 0 Å². The minimum atomic E-state index is -0.557. The molecule has 0 rings (SSSR count). The number of hydrogen-bond donors (Lipinski definition) is 3. The molecule has 86 valence electrons. The molecule has 0 aliphatic rings. The van der Waals surface area contributed by atoms with Gasteiger partial charge in [0.15, 0.2) is 0 Å². The van der Waals surface area contributed by atoms with Crippen molar-refractivity contribution in [2.75, 3.05) is 13.2 Å². The van der Waals surface area contributed by atoms with E-state index in [4.69, 9.17) is 5.11 Å². The van der Waals surface area contributed by atoms with Crippen molar-refractivity contribution < 1.29 is 15.5 Å². The molecule has 0 radical (unpaired) electrons. The molecule has 2 atom stereocenters. The monoisotopic (exact) mass is 204 g/mol. The fourth-order valence-electron chi connectivity index (χ4n) is 1.61. The van der Waals surface area contributed by atoms with Gasteiger partial charge in [-0.1, -0.05) is 26.7 Å². The Bertz CT molecular complexity index is 120. The molecule has 0 saturated heterocycles. The Kier molecular flexibility index (Phi) is 9.35. The number of aliphatic hydroxyl groups is 2. The van der Waals surface area contributed by atoms with Crippen molar-refractivity contribution in [2.45, 2.75) is 58.1 Å². The zero-order valence-corrected chi connectivity index (χ0v) is 9.58. The van der Waals surface area contributed by atoms with Gasteiger partial charge in [0.25, 0.3) is 0 Å². The molecule has 0 unspecified atom stereocenters. The first-order chi connectivity index (χ1) is 6.76. The molecule has 0 aromatic rings. The van der Waals surface area contributed by atoms with E-state index in [2.05, 4.69) is 19.2 Å². The Labute approximate surface area is 87.5 Å². The van der Waals surface area contributed by atoms with E-state index in [1.165, 1.54) is 12.8 Å². The Balaban J connectivity index is 3.72. The summed E-state index contributed by atoms with van der Waals surface area (Å²) < 4.78 is 0. The molecule has 0 fully saturated rings. The third kappa shape index (κ3) is 6.35. The Morgan fingerprint density at radius 1 is 1.14 bits per heavy atom. The van der Waals surface area contributed by atoms with Crippen LogP contribution in [0.5, 0.6) is 0 Å². The van der Waals surface area contributed by atoms with Crippen molar-refractivity contribution in [2.24, 2.45) is 0 Å². The maximum Gasteiger partial charge on any atom is 0.128 e. The molecule has 4 N–H and O–H groups in total. The lowest BCUT2D eigenvalue weighted by Crippen LogP contribution is -2.92. The SMILES string of the molecule is CCCCC[C@@H]([NH2+]CCC)[C@@H](O)CO. The van der Waals surface area contributed by atoms with Gasteiger partial charge in [0.2, 0.25) is 0 Å². The second-order valence-corrected chi connectivity index (χ2v) is 3.93. The zero-order chi connectivity index (χ0) is 10.8. The zero-order valence-electron chi connectivity index (χ0n) is 9.58. The Morgan fingerprint density at radius 3 is 2.36 bits per heavy atom. The fourth-order valence-corrected chi connectivity index (χ4v) is 1.61. The van der Waals surface area contributed by atoms with Crippen molar-refractivity contribution in [3.63, 3.8) is 0 Å². The van der Waals surface area contributed by atoms with Crippen LogP contribution in [0, 0.1) is 0 Å². The van der Waals surface area contributed by atoms with Crippen LogP contribution >= 0.6 is 0 Å². The Hall–Kier alpha value is -0.120. The van der Waals surface area contributed by atoms with Gasteiger partial charge in [-0.05, 0) is 12.8 Å². The first-order valence-electron chi connectivity index (χ1n) is 5.88. The quantitative estimate of drug-likeness (QED) is 0.472. The van der Waals surface area contributed by atoms with Crippen LogP contribution in [0.4, 0.5) is 0 Å². The summed E-state index contributed by atoms with van der Waals surface area (Å²) in [5, 5.41) is 20.6. The van der Waals surface area contributed by atoms with Crippen LogP contribution < -0.4 is 5.32 Å². The van der Waals surface area contributed by atoms with Crippen molar-refractivity contribution in [1.29, 1.82) is 0 Å². The smallest absolute Gasteiger partial charge is 0.128 e. The minimum absolute atomic E-state index is 0.114. The molecule has 0 spiro atoms. The fraction of sp³-hybridized carbons (Fsp3) is 1.00. The van der Waals surface area contributed by atoms with E-state index in [9.17, 15) is 5.11 Å². The van der Waals surface area contributed by atoms with Crippen molar-refractivity contribution in [3.8, 4) is 0 Å². The van der Waals surface area contributed by atoms with E-state index < -0.39 is 6.10 Å². The highest BCUT2D eigenvalue weighted by molar-refractivity contribution is 4.65. The highest BCUT2D eigenvalue weighted by Gasteiger charge is 2.20. The van der Waals surface area contributed by atoms with Gasteiger partial charge in [0, 0.05) is 6.42 Å². The maximum atomic E-state index is 9.56. The molecule has 14 heavy (non-hydrogen) atoms. The normalized spacial score (nSPS) is 15.4. The first-order valence-corrected chi connectivity index (χ1v) is 5.88. The molecule has 0 amide bonds. The Morgan fingerprint density at radius 2 is 1.86 bits per heavy atom. The molecule has 3 nitrogen and oxygen atoms in total. The van der Waals surface area contributed by atoms with Crippen LogP contribution in [-0.4, -0.2) is 35.5 Å². The maximum absolute atomic E-state index is 9.56. The molecule has 0 heterocycles.